The molecule has 1 aliphatic heterocycles. The third kappa shape index (κ3) is 4.22. The highest BCUT2D eigenvalue weighted by Gasteiger charge is 2.34. The van der Waals surface area contributed by atoms with Crippen molar-refractivity contribution < 1.29 is 4.74 Å². The van der Waals surface area contributed by atoms with Gasteiger partial charge in [0.05, 0.1) is 0 Å². The van der Waals surface area contributed by atoms with Gasteiger partial charge in [-0.2, -0.15) is 0 Å². The molecule has 0 saturated carbocycles. The van der Waals surface area contributed by atoms with Crippen LogP contribution < -0.4 is 4.74 Å². The van der Waals surface area contributed by atoms with Gasteiger partial charge in [-0.05, 0) is 100 Å². The van der Waals surface area contributed by atoms with E-state index in [1.54, 1.807) is 0 Å². The second-order valence-corrected chi connectivity index (χ2v) is 13.9. The molecule has 238 valence electrons. The van der Waals surface area contributed by atoms with E-state index >= 15 is 0 Å². The molecule has 1 heteroatoms. The molecule has 1 aliphatic carbocycles. The van der Waals surface area contributed by atoms with Gasteiger partial charge in [-0.1, -0.05) is 164 Å². The smallest absolute Gasteiger partial charge is 0.132 e. The van der Waals surface area contributed by atoms with E-state index in [9.17, 15) is 0 Å². The molecule has 0 aromatic heterocycles. The maximum Gasteiger partial charge on any atom is 0.132 e. The average molecular weight is 649 g/mol. The van der Waals surface area contributed by atoms with Gasteiger partial charge in [-0.3, -0.25) is 0 Å². The quantitative estimate of drug-likeness (QED) is 0.173. The first-order valence-corrected chi connectivity index (χ1v) is 17.8. The Labute approximate surface area is 296 Å². The van der Waals surface area contributed by atoms with E-state index < -0.39 is 0 Å². The number of hydrogen-bond acceptors (Lipinski definition) is 1. The molecule has 2 aliphatic rings. The van der Waals surface area contributed by atoms with Crippen LogP contribution >= 0.6 is 0 Å². The predicted octanol–water partition coefficient (Wildman–Crippen LogP) is 13.4. The first-order valence-electron chi connectivity index (χ1n) is 17.8. The van der Waals surface area contributed by atoms with Crippen LogP contribution in [-0.4, -0.2) is 6.10 Å². The Hall–Kier alpha value is -6.44. The Morgan fingerprint density at radius 3 is 1.59 bits per heavy atom. The molecule has 1 heterocycles. The fourth-order valence-corrected chi connectivity index (χ4v) is 8.92. The molecule has 0 amide bonds. The molecular formula is C50H32O. The molecule has 9 aromatic rings. The standard InChI is InChI=1S/C50H32O/c1-3-17-34-31(13-1)15-11-24-38(34)48-40-21-6-7-22-41(40)49(39-25-12-16-32-14-2-4-18-35(32)39)45-29-33(27-28-42(45)48)44-30-46-37-20-9-10-26-47(37)51-50(46)43-23-8-5-19-36(43)44/h1-30,37,47H. The number of allylic oxidation sites excluding steroid dienone is 2. The Balaban J connectivity index is 1.28. The lowest BCUT2D eigenvalue weighted by Crippen LogP contribution is -2.15. The largest absolute Gasteiger partial charge is 0.484 e. The molecule has 9 aromatic carbocycles. The number of benzene rings is 9. The summed E-state index contributed by atoms with van der Waals surface area (Å²) in [5.41, 5.74) is 8.78. The highest BCUT2D eigenvalue weighted by Crippen LogP contribution is 2.51. The lowest BCUT2D eigenvalue weighted by molar-refractivity contribution is 0.271. The molecular weight excluding hydrogens is 617 g/mol. The second kappa shape index (κ2) is 11.0. The van der Waals surface area contributed by atoms with Crippen LogP contribution in [0.5, 0.6) is 5.75 Å². The van der Waals surface area contributed by atoms with Crippen molar-refractivity contribution in [1.29, 1.82) is 0 Å². The van der Waals surface area contributed by atoms with Gasteiger partial charge in [-0.15, -0.1) is 0 Å². The fourth-order valence-electron chi connectivity index (χ4n) is 8.92. The van der Waals surface area contributed by atoms with Crippen molar-refractivity contribution in [3.63, 3.8) is 0 Å². The first kappa shape index (κ1) is 28.4. The van der Waals surface area contributed by atoms with Crippen LogP contribution in [-0.2, 0) is 0 Å². The lowest BCUT2D eigenvalue weighted by atomic mass is 9.82. The highest BCUT2D eigenvalue weighted by molar-refractivity contribution is 6.26. The zero-order chi connectivity index (χ0) is 33.5. The monoisotopic (exact) mass is 648 g/mol. The maximum atomic E-state index is 6.61. The van der Waals surface area contributed by atoms with Gasteiger partial charge in [0, 0.05) is 16.9 Å². The molecule has 51 heavy (non-hydrogen) atoms. The molecule has 0 radical (unpaired) electrons. The molecule has 0 N–H and O–H groups in total. The summed E-state index contributed by atoms with van der Waals surface area (Å²) >= 11 is 0. The van der Waals surface area contributed by atoms with E-state index in [2.05, 4.69) is 182 Å². The molecule has 2 atom stereocenters. The van der Waals surface area contributed by atoms with Crippen LogP contribution in [0.3, 0.4) is 0 Å². The molecule has 0 spiro atoms. The fraction of sp³-hybridized carbons (Fsp3) is 0.0400. The maximum absolute atomic E-state index is 6.61. The highest BCUT2D eigenvalue weighted by atomic mass is 16.5. The lowest BCUT2D eigenvalue weighted by Gasteiger charge is -2.21. The van der Waals surface area contributed by atoms with Crippen LogP contribution in [0, 0.1) is 0 Å². The summed E-state index contributed by atoms with van der Waals surface area (Å²) in [6, 6.07) is 58.3. The van der Waals surface area contributed by atoms with Gasteiger partial charge in [-0.25, -0.2) is 0 Å². The van der Waals surface area contributed by atoms with Crippen molar-refractivity contribution in [2.24, 2.45) is 0 Å². The number of rotatable bonds is 3. The summed E-state index contributed by atoms with van der Waals surface area (Å²) in [6.45, 7) is 0. The van der Waals surface area contributed by atoms with Crippen LogP contribution in [0.15, 0.2) is 182 Å². The third-order valence-corrected chi connectivity index (χ3v) is 11.2. The Morgan fingerprint density at radius 2 is 0.902 bits per heavy atom. The minimum atomic E-state index is 0.0350. The summed E-state index contributed by atoms with van der Waals surface area (Å²) in [5, 5.41) is 12.4. The molecule has 1 nitrogen and oxygen atoms in total. The van der Waals surface area contributed by atoms with Crippen molar-refractivity contribution in [3.05, 3.63) is 188 Å². The van der Waals surface area contributed by atoms with Gasteiger partial charge < -0.3 is 4.74 Å². The molecule has 2 unspecified atom stereocenters. The van der Waals surface area contributed by atoms with E-state index in [-0.39, 0.29) is 12.0 Å². The van der Waals surface area contributed by atoms with Crippen LogP contribution in [0.2, 0.25) is 0 Å². The van der Waals surface area contributed by atoms with Crippen LogP contribution in [0.4, 0.5) is 0 Å². The first-order chi connectivity index (χ1) is 25.3. The average Bonchev–Trinajstić information content (AvgIpc) is 3.58. The third-order valence-electron chi connectivity index (χ3n) is 11.2. The molecule has 11 rings (SSSR count). The summed E-state index contributed by atoms with van der Waals surface area (Å²) in [5.74, 6) is 1.23. The molecule has 0 saturated heterocycles. The summed E-state index contributed by atoms with van der Waals surface area (Å²) in [7, 11) is 0. The van der Waals surface area contributed by atoms with Crippen molar-refractivity contribution in [1.82, 2.24) is 0 Å². The van der Waals surface area contributed by atoms with Gasteiger partial charge in [0.2, 0.25) is 0 Å². The minimum Gasteiger partial charge on any atom is -0.484 e. The summed E-state index contributed by atoms with van der Waals surface area (Å²) in [6.07, 6.45) is 8.77. The topological polar surface area (TPSA) is 9.23 Å². The van der Waals surface area contributed by atoms with Crippen LogP contribution in [0.25, 0.3) is 87.2 Å². The molecule has 0 fully saturated rings. The Morgan fingerprint density at radius 1 is 0.373 bits per heavy atom. The Kier molecular flexibility index (Phi) is 6.15. The zero-order valence-electron chi connectivity index (χ0n) is 27.9. The minimum absolute atomic E-state index is 0.0350. The van der Waals surface area contributed by atoms with E-state index in [1.165, 1.54) is 92.8 Å². The van der Waals surface area contributed by atoms with Gasteiger partial charge in [0.25, 0.3) is 0 Å². The van der Waals surface area contributed by atoms with E-state index in [4.69, 9.17) is 4.74 Å². The van der Waals surface area contributed by atoms with Crippen molar-refractivity contribution in [2.75, 3.05) is 0 Å². The molecule has 0 bridgehead atoms. The number of fused-ring (bicyclic) bond motifs is 9. The van der Waals surface area contributed by atoms with Gasteiger partial charge >= 0.3 is 0 Å². The van der Waals surface area contributed by atoms with Gasteiger partial charge in [0.15, 0.2) is 0 Å². The second-order valence-electron chi connectivity index (χ2n) is 13.9. The zero-order valence-corrected chi connectivity index (χ0v) is 27.9. The van der Waals surface area contributed by atoms with Gasteiger partial charge in [0.1, 0.15) is 11.9 Å². The predicted molar refractivity (Wildman–Crippen MR) is 216 cm³/mol. The SMILES string of the molecule is C1=CC2Oc3c(cc(-c4ccc5c(-c6cccc7ccccc67)c6ccccc6c(-c6cccc7ccccc67)c5c4)c4ccccc34)C2C=C1. The van der Waals surface area contributed by atoms with Crippen molar-refractivity contribution in [2.45, 2.75) is 12.0 Å². The van der Waals surface area contributed by atoms with E-state index in [0.717, 1.165) is 5.75 Å². The normalized spacial score (nSPS) is 16.2. The summed E-state index contributed by atoms with van der Waals surface area (Å²) < 4.78 is 6.61. The number of hydrogen-bond donors (Lipinski definition) is 0. The van der Waals surface area contributed by atoms with E-state index in [0.29, 0.717) is 0 Å². The summed E-state index contributed by atoms with van der Waals surface area (Å²) in [4.78, 5) is 0. The van der Waals surface area contributed by atoms with Crippen molar-refractivity contribution in [3.8, 4) is 39.1 Å². The Bertz CT molecular complexity index is 2950. The van der Waals surface area contributed by atoms with Crippen LogP contribution in [0.1, 0.15) is 11.5 Å². The number of ether oxygens (including phenoxy) is 1. The van der Waals surface area contributed by atoms with E-state index in [1.807, 2.05) is 0 Å². The van der Waals surface area contributed by atoms with Crippen molar-refractivity contribution >= 4 is 53.9 Å².